The van der Waals surface area contributed by atoms with Gasteiger partial charge in [-0.2, -0.15) is 0 Å². The van der Waals surface area contributed by atoms with Crippen molar-refractivity contribution >= 4 is 57.5 Å². The first-order chi connectivity index (χ1) is 13.8. The molecular formula is C18H16Cl2F2N6O. The summed E-state index contributed by atoms with van der Waals surface area (Å²) in [4.78, 5) is 25.4. The summed E-state index contributed by atoms with van der Waals surface area (Å²) in [6.07, 6.45) is 2.55. The Morgan fingerprint density at radius 1 is 1.21 bits per heavy atom. The number of hydrogen-bond donors (Lipinski definition) is 3. The van der Waals surface area contributed by atoms with Crippen molar-refractivity contribution in [2.24, 2.45) is 0 Å². The first kappa shape index (κ1) is 19.7. The standard InChI is InChI=1S/C18H16Cl2F2N6O/c19-11-7-10(8-24-16(11)28-5-3-18(21,22)4-6-28)25-17(29)26-13-9-23-12-1-2-14(20)27-15(12)13/h1-2,7-9,23H,3-6H2,(H2,25,26,29). The van der Waals surface area contributed by atoms with E-state index in [1.54, 1.807) is 23.2 Å². The molecule has 7 nitrogen and oxygen atoms in total. The molecular weight excluding hydrogens is 425 g/mol. The Morgan fingerprint density at radius 2 is 1.97 bits per heavy atom. The topological polar surface area (TPSA) is 85.9 Å². The Hall–Kier alpha value is -2.65. The molecule has 0 radical (unpaired) electrons. The second-order valence-corrected chi connectivity index (χ2v) is 7.48. The third kappa shape index (κ3) is 4.35. The van der Waals surface area contributed by atoms with Crippen LogP contribution < -0.4 is 15.5 Å². The number of hydrogen-bond acceptors (Lipinski definition) is 4. The molecule has 4 rings (SSSR count). The lowest BCUT2D eigenvalue weighted by molar-refractivity contribution is -0.0221. The highest BCUT2D eigenvalue weighted by atomic mass is 35.5. The Morgan fingerprint density at radius 3 is 2.69 bits per heavy atom. The Bertz CT molecular complexity index is 1060. The lowest BCUT2D eigenvalue weighted by atomic mass is 10.1. The van der Waals surface area contributed by atoms with Crippen molar-refractivity contribution in [1.82, 2.24) is 15.0 Å². The minimum atomic E-state index is -2.65. The number of carbonyl (C=O) groups excluding carboxylic acids is 1. The minimum absolute atomic E-state index is 0.170. The number of rotatable bonds is 3. The number of halogens is 4. The van der Waals surface area contributed by atoms with E-state index in [0.29, 0.717) is 27.9 Å². The normalized spacial score (nSPS) is 16.1. The van der Waals surface area contributed by atoms with Crippen LogP contribution >= 0.6 is 23.2 Å². The van der Waals surface area contributed by atoms with Crippen LogP contribution in [0.25, 0.3) is 11.0 Å². The van der Waals surface area contributed by atoms with Crippen LogP contribution in [0.5, 0.6) is 0 Å². The molecule has 0 saturated carbocycles. The summed E-state index contributed by atoms with van der Waals surface area (Å²) in [7, 11) is 0. The molecule has 1 saturated heterocycles. The quantitative estimate of drug-likeness (QED) is 0.491. The summed E-state index contributed by atoms with van der Waals surface area (Å²) in [6.45, 7) is 0.339. The number of aromatic nitrogens is 3. The summed E-state index contributed by atoms with van der Waals surface area (Å²) in [5, 5.41) is 5.89. The van der Waals surface area contributed by atoms with Gasteiger partial charge in [-0.05, 0) is 18.2 Å². The third-order valence-electron chi connectivity index (χ3n) is 4.61. The first-order valence-electron chi connectivity index (χ1n) is 8.81. The van der Waals surface area contributed by atoms with E-state index < -0.39 is 12.0 Å². The van der Waals surface area contributed by atoms with Crippen LogP contribution in [-0.4, -0.2) is 40.0 Å². The molecule has 0 aromatic carbocycles. The second kappa shape index (κ2) is 7.64. The number of alkyl halides is 2. The van der Waals surface area contributed by atoms with Crippen LogP contribution in [0.4, 0.5) is 30.8 Å². The fourth-order valence-corrected chi connectivity index (χ4v) is 3.57. The number of piperidine rings is 1. The zero-order chi connectivity index (χ0) is 20.6. The lowest BCUT2D eigenvalue weighted by Crippen LogP contribution is -2.39. The first-order valence-corrected chi connectivity index (χ1v) is 9.56. The molecule has 1 aliphatic rings. The van der Waals surface area contributed by atoms with E-state index in [0.717, 1.165) is 5.52 Å². The predicted octanol–water partition coefficient (Wildman–Crippen LogP) is 5.14. The maximum Gasteiger partial charge on any atom is 0.323 e. The number of nitrogens with zero attached hydrogens (tertiary/aromatic N) is 3. The second-order valence-electron chi connectivity index (χ2n) is 6.68. The number of amides is 2. The van der Waals surface area contributed by atoms with Crippen molar-refractivity contribution in [1.29, 1.82) is 0 Å². The van der Waals surface area contributed by atoms with Crippen molar-refractivity contribution in [2.45, 2.75) is 18.8 Å². The van der Waals surface area contributed by atoms with Crippen molar-refractivity contribution in [2.75, 3.05) is 28.6 Å². The smallest absolute Gasteiger partial charge is 0.323 e. The van der Waals surface area contributed by atoms with Gasteiger partial charge < -0.3 is 20.5 Å². The van der Waals surface area contributed by atoms with Crippen molar-refractivity contribution < 1.29 is 13.6 Å². The van der Waals surface area contributed by atoms with Crippen LogP contribution in [0.2, 0.25) is 10.2 Å². The van der Waals surface area contributed by atoms with Gasteiger partial charge in [-0.15, -0.1) is 0 Å². The average molecular weight is 441 g/mol. The monoisotopic (exact) mass is 440 g/mol. The molecule has 0 unspecified atom stereocenters. The van der Waals surface area contributed by atoms with Gasteiger partial charge in [-0.3, -0.25) is 0 Å². The molecule has 3 aromatic heterocycles. The van der Waals surface area contributed by atoms with Gasteiger partial charge >= 0.3 is 6.03 Å². The molecule has 0 atom stereocenters. The minimum Gasteiger partial charge on any atom is -0.358 e. The van der Waals surface area contributed by atoms with E-state index >= 15 is 0 Å². The van der Waals surface area contributed by atoms with Crippen LogP contribution in [0, 0.1) is 0 Å². The average Bonchev–Trinajstić information content (AvgIpc) is 3.04. The van der Waals surface area contributed by atoms with E-state index in [2.05, 4.69) is 25.6 Å². The van der Waals surface area contributed by atoms with Gasteiger partial charge in [-0.25, -0.2) is 23.5 Å². The van der Waals surface area contributed by atoms with Crippen molar-refractivity contribution in [3.05, 3.63) is 40.8 Å². The molecule has 1 aliphatic heterocycles. The molecule has 152 valence electrons. The highest BCUT2D eigenvalue weighted by Gasteiger charge is 2.34. The summed E-state index contributed by atoms with van der Waals surface area (Å²) >= 11 is 12.2. The van der Waals surface area contributed by atoms with E-state index in [9.17, 15) is 13.6 Å². The van der Waals surface area contributed by atoms with Crippen LogP contribution in [-0.2, 0) is 0 Å². The van der Waals surface area contributed by atoms with Crippen LogP contribution in [0.15, 0.2) is 30.6 Å². The fourth-order valence-electron chi connectivity index (χ4n) is 3.13. The molecule has 4 heterocycles. The van der Waals surface area contributed by atoms with Gasteiger partial charge in [0.15, 0.2) is 0 Å². The number of aromatic amines is 1. The summed E-state index contributed by atoms with van der Waals surface area (Å²) in [5.41, 5.74) is 2.08. The Labute approximate surface area is 174 Å². The number of nitrogens with one attached hydrogen (secondary N) is 3. The zero-order valence-corrected chi connectivity index (χ0v) is 16.5. The number of carbonyl (C=O) groups is 1. The number of fused-ring (bicyclic) bond motifs is 1. The molecule has 29 heavy (non-hydrogen) atoms. The summed E-state index contributed by atoms with van der Waals surface area (Å²) in [5.74, 6) is -2.23. The molecule has 0 aliphatic carbocycles. The SMILES string of the molecule is O=C(Nc1cnc(N2CCC(F)(F)CC2)c(Cl)c1)Nc1c[nH]c2ccc(Cl)nc12. The van der Waals surface area contributed by atoms with Gasteiger partial charge in [0, 0.05) is 32.1 Å². The van der Waals surface area contributed by atoms with Crippen LogP contribution in [0.3, 0.4) is 0 Å². The molecule has 0 spiro atoms. The number of urea groups is 1. The fraction of sp³-hybridized carbons (Fsp3) is 0.278. The van der Waals surface area contributed by atoms with E-state index in [1.807, 2.05) is 0 Å². The van der Waals surface area contributed by atoms with Gasteiger partial charge in [0.1, 0.15) is 16.5 Å². The van der Waals surface area contributed by atoms with Gasteiger partial charge in [0.2, 0.25) is 0 Å². The number of H-pyrrole nitrogens is 1. The number of pyridine rings is 2. The van der Waals surface area contributed by atoms with E-state index in [-0.39, 0.29) is 31.0 Å². The molecule has 1 fully saturated rings. The maximum atomic E-state index is 13.3. The molecule has 3 N–H and O–H groups in total. The predicted molar refractivity (Wildman–Crippen MR) is 109 cm³/mol. The highest BCUT2D eigenvalue weighted by molar-refractivity contribution is 6.33. The van der Waals surface area contributed by atoms with Gasteiger partial charge in [0.05, 0.1) is 28.1 Å². The molecule has 2 amide bonds. The zero-order valence-electron chi connectivity index (χ0n) is 15.0. The van der Waals surface area contributed by atoms with E-state index in [1.165, 1.54) is 12.3 Å². The van der Waals surface area contributed by atoms with Crippen molar-refractivity contribution in [3.63, 3.8) is 0 Å². The van der Waals surface area contributed by atoms with Gasteiger partial charge in [-0.1, -0.05) is 23.2 Å². The highest BCUT2D eigenvalue weighted by Crippen LogP contribution is 2.33. The van der Waals surface area contributed by atoms with Crippen molar-refractivity contribution in [3.8, 4) is 0 Å². The lowest BCUT2D eigenvalue weighted by Gasteiger charge is -2.33. The Kier molecular flexibility index (Phi) is 5.18. The molecule has 3 aromatic rings. The summed E-state index contributed by atoms with van der Waals surface area (Å²) < 4.78 is 26.7. The van der Waals surface area contributed by atoms with Crippen LogP contribution in [0.1, 0.15) is 12.8 Å². The molecule has 11 heteroatoms. The third-order valence-corrected chi connectivity index (χ3v) is 5.10. The van der Waals surface area contributed by atoms with Gasteiger partial charge in [0.25, 0.3) is 5.92 Å². The largest absolute Gasteiger partial charge is 0.358 e. The van der Waals surface area contributed by atoms with E-state index in [4.69, 9.17) is 23.2 Å². The number of anilines is 3. The summed E-state index contributed by atoms with van der Waals surface area (Å²) in [6, 6.07) is 4.41. The Balaban J connectivity index is 1.43. The maximum absolute atomic E-state index is 13.3. The molecule has 0 bridgehead atoms.